The van der Waals surface area contributed by atoms with E-state index in [0.717, 1.165) is 16.4 Å². The summed E-state index contributed by atoms with van der Waals surface area (Å²) in [5.74, 6) is 2.07. The Morgan fingerprint density at radius 3 is 2.65 bits per heavy atom. The van der Waals surface area contributed by atoms with Crippen molar-refractivity contribution >= 4 is 30.1 Å². The summed E-state index contributed by atoms with van der Waals surface area (Å²) >= 11 is 1.73. The smallest absolute Gasteiger partial charge is 0.236 e. The van der Waals surface area contributed by atoms with Crippen molar-refractivity contribution in [1.82, 2.24) is 5.32 Å². The van der Waals surface area contributed by atoms with E-state index < -0.39 is 6.04 Å². The number of benzene rings is 1. The number of hydrogen-bond acceptors (Lipinski definition) is 4. The van der Waals surface area contributed by atoms with Crippen molar-refractivity contribution < 1.29 is 9.53 Å². The van der Waals surface area contributed by atoms with E-state index in [1.54, 1.807) is 25.8 Å². The van der Waals surface area contributed by atoms with Crippen LogP contribution >= 0.6 is 24.2 Å². The number of amides is 1. The van der Waals surface area contributed by atoms with Gasteiger partial charge >= 0.3 is 0 Å². The summed E-state index contributed by atoms with van der Waals surface area (Å²) in [6, 6.07) is 7.48. The molecule has 3 N–H and O–H groups in total. The predicted molar refractivity (Wildman–Crippen MR) is 86.8 cm³/mol. The van der Waals surface area contributed by atoms with E-state index in [4.69, 9.17) is 10.5 Å². The molecule has 0 aliphatic rings. The summed E-state index contributed by atoms with van der Waals surface area (Å²) < 4.78 is 5.30. The van der Waals surface area contributed by atoms with Gasteiger partial charge in [-0.2, -0.15) is 0 Å². The van der Waals surface area contributed by atoms with E-state index in [2.05, 4.69) is 12.2 Å². The average molecular weight is 319 g/mol. The minimum Gasteiger partial charge on any atom is -0.496 e. The number of ether oxygens (including phenoxy) is 1. The summed E-state index contributed by atoms with van der Waals surface area (Å²) in [4.78, 5) is 12.5. The fourth-order valence-corrected chi connectivity index (χ4v) is 2.52. The van der Waals surface area contributed by atoms with Gasteiger partial charge in [0.1, 0.15) is 5.75 Å². The fourth-order valence-electron chi connectivity index (χ4n) is 1.46. The molecule has 2 atom stereocenters. The maximum Gasteiger partial charge on any atom is 0.236 e. The highest BCUT2D eigenvalue weighted by Gasteiger charge is 2.10. The van der Waals surface area contributed by atoms with Crippen LogP contribution in [-0.4, -0.2) is 31.4 Å². The second kappa shape index (κ2) is 9.91. The van der Waals surface area contributed by atoms with Gasteiger partial charge in [-0.05, 0) is 25.0 Å². The quantitative estimate of drug-likeness (QED) is 0.757. The van der Waals surface area contributed by atoms with Crippen LogP contribution in [0.5, 0.6) is 5.75 Å². The fraction of sp³-hybridized carbons (Fsp3) is 0.500. The molecule has 4 nitrogen and oxygen atoms in total. The van der Waals surface area contributed by atoms with E-state index in [1.807, 2.05) is 24.3 Å². The van der Waals surface area contributed by atoms with E-state index in [9.17, 15) is 4.79 Å². The molecule has 6 heteroatoms. The number of para-hydroxylation sites is 1. The highest BCUT2D eigenvalue weighted by molar-refractivity contribution is 7.99. The third-order valence-corrected chi connectivity index (χ3v) is 4.01. The van der Waals surface area contributed by atoms with Crippen LogP contribution < -0.4 is 15.8 Å². The molecule has 0 fully saturated rings. The lowest BCUT2D eigenvalue weighted by Gasteiger charge is -2.14. The van der Waals surface area contributed by atoms with Crippen molar-refractivity contribution in [1.29, 1.82) is 0 Å². The molecule has 0 saturated heterocycles. The average Bonchev–Trinajstić information content (AvgIpc) is 2.42. The molecule has 114 valence electrons. The lowest BCUT2D eigenvalue weighted by molar-refractivity contribution is -0.122. The van der Waals surface area contributed by atoms with Crippen molar-refractivity contribution in [3.05, 3.63) is 24.3 Å². The zero-order chi connectivity index (χ0) is 14.3. The molecule has 0 aromatic heterocycles. The largest absolute Gasteiger partial charge is 0.496 e. The molecule has 0 aliphatic carbocycles. The molecular formula is C14H23ClN2O2S. The van der Waals surface area contributed by atoms with Crippen LogP contribution in [0.15, 0.2) is 29.2 Å². The molecule has 0 heterocycles. The molecule has 0 aliphatic heterocycles. The van der Waals surface area contributed by atoms with Crippen molar-refractivity contribution in [3.63, 3.8) is 0 Å². The van der Waals surface area contributed by atoms with Gasteiger partial charge in [-0.25, -0.2) is 0 Å². The summed E-state index contributed by atoms with van der Waals surface area (Å²) in [6.45, 7) is 4.43. The lowest BCUT2D eigenvalue weighted by atomic mass is 10.2. The number of methoxy groups -OCH3 is 1. The Morgan fingerprint density at radius 1 is 1.40 bits per heavy atom. The van der Waals surface area contributed by atoms with Crippen molar-refractivity contribution in [3.8, 4) is 5.75 Å². The molecule has 0 radical (unpaired) electrons. The second-order valence-electron chi connectivity index (χ2n) is 4.60. The number of hydrogen-bond donors (Lipinski definition) is 2. The summed E-state index contributed by atoms with van der Waals surface area (Å²) in [6.07, 6.45) is 0. The first-order chi connectivity index (χ1) is 9.04. The Bertz CT molecular complexity index is 416. The number of carbonyl (C=O) groups excluding carboxylic acids is 1. The first-order valence-electron chi connectivity index (χ1n) is 6.33. The molecule has 1 amide bonds. The Kier molecular flexibility index (Phi) is 9.46. The minimum atomic E-state index is -0.450. The van der Waals surface area contributed by atoms with E-state index in [1.165, 1.54) is 0 Å². The van der Waals surface area contributed by atoms with Gasteiger partial charge in [0, 0.05) is 17.2 Å². The standard InChI is InChI=1S/C14H22N2O2S.ClH/c1-10(8-16-14(17)11(2)15)9-19-13-7-5-4-6-12(13)18-3;/h4-7,10-11H,8-9,15H2,1-3H3,(H,16,17);1H/t10?,11-;/m0./s1. The van der Waals surface area contributed by atoms with Gasteiger partial charge in [-0.1, -0.05) is 19.1 Å². The third kappa shape index (κ3) is 6.50. The molecule has 0 saturated carbocycles. The van der Waals surface area contributed by atoms with Crippen molar-refractivity contribution in [2.75, 3.05) is 19.4 Å². The Balaban J connectivity index is 0.00000361. The number of nitrogens with two attached hydrogens (primary N) is 1. The van der Waals surface area contributed by atoms with Crippen LogP contribution in [0.4, 0.5) is 0 Å². The van der Waals surface area contributed by atoms with Crippen LogP contribution in [0.3, 0.4) is 0 Å². The number of carbonyl (C=O) groups is 1. The van der Waals surface area contributed by atoms with Gasteiger partial charge in [0.15, 0.2) is 0 Å². The topological polar surface area (TPSA) is 64.3 Å². The SMILES string of the molecule is COc1ccccc1SCC(C)CNC(=O)[C@H](C)N.Cl. The van der Waals surface area contributed by atoms with Gasteiger partial charge in [0.05, 0.1) is 13.2 Å². The number of halogens is 1. The molecule has 20 heavy (non-hydrogen) atoms. The number of nitrogens with one attached hydrogen (secondary N) is 1. The molecule has 0 spiro atoms. The maximum absolute atomic E-state index is 11.4. The normalized spacial score (nSPS) is 13.0. The highest BCUT2D eigenvalue weighted by atomic mass is 35.5. The van der Waals surface area contributed by atoms with Gasteiger partial charge in [0.25, 0.3) is 0 Å². The Labute approximate surface area is 131 Å². The van der Waals surface area contributed by atoms with Gasteiger partial charge < -0.3 is 15.8 Å². The highest BCUT2D eigenvalue weighted by Crippen LogP contribution is 2.29. The predicted octanol–water partition coefficient (Wildman–Crippen LogP) is 2.31. The van der Waals surface area contributed by atoms with E-state index >= 15 is 0 Å². The van der Waals surface area contributed by atoms with Gasteiger partial charge in [-0.15, -0.1) is 24.2 Å². The van der Waals surface area contributed by atoms with Gasteiger partial charge in [-0.3, -0.25) is 4.79 Å². The Morgan fingerprint density at radius 2 is 2.05 bits per heavy atom. The summed E-state index contributed by atoms with van der Waals surface area (Å²) in [5, 5.41) is 2.84. The maximum atomic E-state index is 11.4. The molecule has 1 aromatic carbocycles. The zero-order valence-electron chi connectivity index (χ0n) is 12.1. The first kappa shape index (κ1) is 19.1. The molecule has 1 unspecified atom stereocenters. The van der Waals surface area contributed by atoms with Crippen LogP contribution in [0.1, 0.15) is 13.8 Å². The lowest BCUT2D eigenvalue weighted by Crippen LogP contribution is -2.40. The van der Waals surface area contributed by atoms with Crippen LogP contribution in [0.2, 0.25) is 0 Å². The molecule has 1 aromatic rings. The summed E-state index contributed by atoms with van der Waals surface area (Å²) in [5.41, 5.74) is 5.49. The second-order valence-corrected chi connectivity index (χ2v) is 5.66. The third-order valence-electron chi connectivity index (χ3n) is 2.63. The van der Waals surface area contributed by atoms with E-state index in [-0.39, 0.29) is 18.3 Å². The van der Waals surface area contributed by atoms with Crippen molar-refractivity contribution in [2.45, 2.75) is 24.8 Å². The first-order valence-corrected chi connectivity index (χ1v) is 7.32. The van der Waals surface area contributed by atoms with Crippen molar-refractivity contribution in [2.24, 2.45) is 11.7 Å². The number of thioether (sulfide) groups is 1. The summed E-state index contributed by atoms with van der Waals surface area (Å²) in [7, 11) is 1.67. The van der Waals surface area contributed by atoms with Crippen LogP contribution in [0, 0.1) is 5.92 Å². The monoisotopic (exact) mass is 318 g/mol. The van der Waals surface area contributed by atoms with Crippen LogP contribution in [-0.2, 0) is 4.79 Å². The molecular weight excluding hydrogens is 296 g/mol. The number of rotatable bonds is 7. The zero-order valence-corrected chi connectivity index (χ0v) is 13.7. The molecule has 1 rings (SSSR count). The Hall–Kier alpha value is -0.910. The van der Waals surface area contributed by atoms with Crippen LogP contribution in [0.25, 0.3) is 0 Å². The van der Waals surface area contributed by atoms with Gasteiger partial charge in [0.2, 0.25) is 5.91 Å². The molecule has 0 bridgehead atoms. The van der Waals surface area contributed by atoms with E-state index in [0.29, 0.717) is 12.5 Å². The minimum absolute atomic E-state index is 0.